The van der Waals surface area contributed by atoms with E-state index in [9.17, 15) is 15.0 Å². The number of carbonyl (C=O) groups excluding carboxylic acids is 1. The first-order valence-corrected chi connectivity index (χ1v) is 17.7. The zero-order chi connectivity index (χ0) is 29.5. The Labute approximate surface area is 249 Å². The lowest BCUT2D eigenvalue weighted by atomic mass is 9.91. The van der Waals surface area contributed by atoms with Gasteiger partial charge < -0.3 is 20.1 Å². The van der Waals surface area contributed by atoms with E-state index in [0.717, 1.165) is 25.7 Å². The van der Waals surface area contributed by atoms with Crippen LogP contribution in [0.3, 0.4) is 0 Å². The smallest absolute Gasteiger partial charge is 0.311 e. The highest BCUT2D eigenvalue weighted by atomic mass is 16.5. The molecule has 0 bridgehead atoms. The SMILES string of the molecule is CCCCCCCCCCCCCCC[C@@H](O)[C@H](CCCCCCCCCCCCCC)C(=O)OC[C@H](O)CO. The van der Waals surface area contributed by atoms with Gasteiger partial charge in [0.1, 0.15) is 12.7 Å². The maximum atomic E-state index is 12.7. The predicted octanol–water partition coefficient (Wildman–Crippen LogP) is 9.43. The standard InChI is InChI=1S/C35H70O5/c1-3-5-7-9-11-13-15-17-19-21-23-25-27-29-34(38)33(35(39)40-31-32(37)30-36)28-26-24-22-20-18-16-14-12-10-8-6-4-2/h32-34,36-38H,3-31H2,1-2H3/t32-,33+,34-/m1/s1. The molecule has 0 amide bonds. The number of carbonyl (C=O) groups is 1. The van der Waals surface area contributed by atoms with Gasteiger partial charge in [-0.1, -0.05) is 174 Å². The summed E-state index contributed by atoms with van der Waals surface area (Å²) in [5.41, 5.74) is 0. The summed E-state index contributed by atoms with van der Waals surface area (Å²) in [5.74, 6) is -0.968. The molecule has 40 heavy (non-hydrogen) atoms. The molecule has 0 spiro atoms. The fraction of sp³-hybridized carbons (Fsp3) is 0.971. The van der Waals surface area contributed by atoms with Crippen LogP contribution in [0.1, 0.15) is 187 Å². The molecule has 0 unspecified atom stereocenters. The Balaban J connectivity index is 4.06. The third kappa shape index (κ3) is 26.3. The monoisotopic (exact) mass is 571 g/mol. The van der Waals surface area contributed by atoms with Gasteiger partial charge in [-0.15, -0.1) is 0 Å². The fourth-order valence-corrected chi connectivity index (χ4v) is 5.58. The number of aliphatic hydroxyl groups is 3. The molecule has 0 aromatic rings. The van der Waals surface area contributed by atoms with Crippen LogP contribution < -0.4 is 0 Å². The largest absolute Gasteiger partial charge is 0.463 e. The lowest BCUT2D eigenvalue weighted by molar-refractivity contribution is -0.156. The van der Waals surface area contributed by atoms with Crippen LogP contribution >= 0.6 is 0 Å². The second-order valence-electron chi connectivity index (χ2n) is 12.3. The van der Waals surface area contributed by atoms with Gasteiger partial charge in [0, 0.05) is 0 Å². The van der Waals surface area contributed by atoms with Gasteiger partial charge in [0.05, 0.1) is 18.6 Å². The molecule has 5 nitrogen and oxygen atoms in total. The minimum Gasteiger partial charge on any atom is -0.463 e. The van der Waals surface area contributed by atoms with Gasteiger partial charge >= 0.3 is 5.97 Å². The van der Waals surface area contributed by atoms with E-state index in [0.29, 0.717) is 12.8 Å². The Morgan fingerprint density at radius 3 is 1.20 bits per heavy atom. The number of hydrogen-bond donors (Lipinski definition) is 3. The zero-order valence-electron chi connectivity index (χ0n) is 26.9. The van der Waals surface area contributed by atoms with E-state index in [-0.39, 0.29) is 6.61 Å². The third-order valence-corrected chi connectivity index (χ3v) is 8.37. The summed E-state index contributed by atoms with van der Waals surface area (Å²) in [6.45, 7) is 3.88. The maximum absolute atomic E-state index is 12.7. The molecular weight excluding hydrogens is 500 g/mol. The van der Waals surface area contributed by atoms with Crippen molar-refractivity contribution >= 4 is 5.97 Å². The molecule has 240 valence electrons. The van der Waals surface area contributed by atoms with Crippen molar-refractivity contribution in [3.63, 3.8) is 0 Å². The van der Waals surface area contributed by atoms with Crippen molar-refractivity contribution < 1.29 is 24.9 Å². The number of ether oxygens (including phenoxy) is 1. The summed E-state index contributed by atoms with van der Waals surface area (Å²) in [6.07, 6.45) is 31.4. The normalized spacial score (nSPS) is 13.8. The van der Waals surface area contributed by atoms with Crippen LogP contribution in [0.2, 0.25) is 0 Å². The van der Waals surface area contributed by atoms with Crippen molar-refractivity contribution in [1.29, 1.82) is 0 Å². The first-order chi connectivity index (χ1) is 19.6. The van der Waals surface area contributed by atoms with E-state index in [2.05, 4.69) is 13.8 Å². The van der Waals surface area contributed by atoms with Crippen molar-refractivity contribution in [3.05, 3.63) is 0 Å². The molecule has 0 saturated carbocycles. The molecule has 0 rings (SSSR count). The minimum atomic E-state index is -1.06. The summed E-state index contributed by atoms with van der Waals surface area (Å²) in [4.78, 5) is 12.7. The molecule has 0 saturated heterocycles. The molecule has 0 heterocycles. The van der Waals surface area contributed by atoms with Crippen molar-refractivity contribution in [2.45, 2.75) is 199 Å². The molecule has 0 radical (unpaired) electrons. The second-order valence-corrected chi connectivity index (χ2v) is 12.3. The summed E-state index contributed by atoms with van der Waals surface area (Å²) < 4.78 is 5.25. The summed E-state index contributed by atoms with van der Waals surface area (Å²) in [6, 6.07) is 0. The highest BCUT2D eigenvalue weighted by Crippen LogP contribution is 2.22. The van der Waals surface area contributed by atoms with Gasteiger partial charge in [0.2, 0.25) is 0 Å². The predicted molar refractivity (Wildman–Crippen MR) is 170 cm³/mol. The number of aliphatic hydroxyl groups excluding tert-OH is 3. The highest BCUT2D eigenvalue weighted by Gasteiger charge is 2.28. The van der Waals surface area contributed by atoms with E-state index in [1.54, 1.807) is 0 Å². The minimum absolute atomic E-state index is 0.213. The van der Waals surface area contributed by atoms with Crippen LogP contribution in [0.25, 0.3) is 0 Å². The Morgan fingerprint density at radius 2 is 0.850 bits per heavy atom. The van der Waals surface area contributed by atoms with Crippen molar-refractivity contribution in [2.75, 3.05) is 13.2 Å². The zero-order valence-corrected chi connectivity index (χ0v) is 26.9. The molecule has 3 N–H and O–H groups in total. The van der Waals surface area contributed by atoms with Gasteiger partial charge in [0.25, 0.3) is 0 Å². The van der Waals surface area contributed by atoms with Crippen molar-refractivity contribution in [1.82, 2.24) is 0 Å². The highest BCUT2D eigenvalue weighted by molar-refractivity contribution is 5.73. The number of esters is 1. The summed E-state index contributed by atoms with van der Waals surface area (Å²) in [5, 5.41) is 29.4. The van der Waals surface area contributed by atoms with Gasteiger partial charge in [-0.05, 0) is 12.8 Å². The molecule has 5 heteroatoms. The van der Waals surface area contributed by atoms with Gasteiger partial charge in [-0.2, -0.15) is 0 Å². The maximum Gasteiger partial charge on any atom is 0.311 e. The molecule has 3 atom stereocenters. The second kappa shape index (κ2) is 31.3. The Bertz CT molecular complexity index is 512. The van der Waals surface area contributed by atoms with Crippen molar-refractivity contribution in [3.8, 4) is 0 Å². The van der Waals surface area contributed by atoms with Crippen LogP contribution in [-0.2, 0) is 9.53 Å². The average molecular weight is 571 g/mol. The Hall–Kier alpha value is -0.650. The molecule has 0 fully saturated rings. The molecule has 0 aliphatic carbocycles. The van der Waals surface area contributed by atoms with E-state index < -0.39 is 30.7 Å². The fourth-order valence-electron chi connectivity index (χ4n) is 5.58. The number of unbranched alkanes of at least 4 members (excludes halogenated alkanes) is 23. The molecular formula is C35H70O5. The molecule has 0 aromatic carbocycles. The number of hydrogen-bond acceptors (Lipinski definition) is 5. The van der Waals surface area contributed by atoms with Crippen LogP contribution in [0.5, 0.6) is 0 Å². The van der Waals surface area contributed by atoms with Crippen LogP contribution in [0, 0.1) is 5.92 Å². The van der Waals surface area contributed by atoms with Crippen LogP contribution in [0.4, 0.5) is 0 Å². The van der Waals surface area contributed by atoms with E-state index in [1.165, 1.54) is 135 Å². The third-order valence-electron chi connectivity index (χ3n) is 8.37. The molecule has 0 aromatic heterocycles. The summed E-state index contributed by atoms with van der Waals surface area (Å²) in [7, 11) is 0. The average Bonchev–Trinajstić information content (AvgIpc) is 2.96. The summed E-state index contributed by atoms with van der Waals surface area (Å²) >= 11 is 0. The quantitative estimate of drug-likeness (QED) is 0.0554. The molecule has 0 aliphatic heterocycles. The first kappa shape index (κ1) is 39.4. The van der Waals surface area contributed by atoms with Gasteiger partial charge in [-0.25, -0.2) is 0 Å². The molecule has 0 aliphatic rings. The Morgan fingerprint density at radius 1 is 0.525 bits per heavy atom. The van der Waals surface area contributed by atoms with Crippen molar-refractivity contribution in [2.24, 2.45) is 5.92 Å². The van der Waals surface area contributed by atoms with Gasteiger partial charge in [-0.3, -0.25) is 4.79 Å². The first-order valence-electron chi connectivity index (χ1n) is 17.7. The Kier molecular flexibility index (Phi) is 30.8. The van der Waals surface area contributed by atoms with Crippen LogP contribution in [-0.4, -0.2) is 46.7 Å². The van der Waals surface area contributed by atoms with Crippen LogP contribution in [0.15, 0.2) is 0 Å². The lowest BCUT2D eigenvalue weighted by Gasteiger charge is -2.22. The lowest BCUT2D eigenvalue weighted by Crippen LogP contribution is -2.32. The van der Waals surface area contributed by atoms with E-state index >= 15 is 0 Å². The van der Waals surface area contributed by atoms with E-state index in [1.807, 2.05) is 0 Å². The topological polar surface area (TPSA) is 87.0 Å². The van der Waals surface area contributed by atoms with Gasteiger partial charge in [0.15, 0.2) is 0 Å². The number of rotatable bonds is 32. The van der Waals surface area contributed by atoms with E-state index in [4.69, 9.17) is 9.84 Å².